The number of benzene rings is 1. The highest BCUT2D eigenvalue weighted by Gasteiger charge is 2.24. The Hall–Kier alpha value is -1.77. The van der Waals surface area contributed by atoms with E-state index in [2.05, 4.69) is 0 Å². The summed E-state index contributed by atoms with van der Waals surface area (Å²) < 4.78 is 62.6. The van der Waals surface area contributed by atoms with Gasteiger partial charge in [0.2, 0.25) is 10.0 Å². The Kier molecular flexibility index (Phi) is 4.40. The van der Waals surface area contributed by atoms with E-state index in [4.69, 9.17) is 5.11 Å². The molecular formula is C10H10F3NO4S. The quantitative estimate of drug-likeness (QED) is 0.832. The molecule has 0 atom stereocenters. The Bertz CT molecular complexity index is 603. The Morgan fingerprint density at radius 2 is 1.84 bits per heavy atom. The van der Waals surface area contributed by atoms with Gasteiger partial charge in [-0.1, -0.05) is 0 Å². The Morgan fingerprint density at radius 3 is 2.32 bits per heavy atom. The van der Waals surface area contributed by atoms with Crippen LogP contribution in [0.25, 0.3) is 0 Å². The lowest BCUT2D eigenvalue weighted by atomic mass is 10.2. The standard InChI is InChI=1S/C10H10F3NO4S/c1-19(17,18)14(5-4-8(15)16)7-3-2-6(11)9(12)10(7)13/h2-3H,4-5H2,1H3,(H,15,16). The van der Waals surface area contributed by atoms with Gasteiger partial charge in [0.25, 0.3) is 0 Å². The SMILES string of the molecule is CS(=O)(=O)N(CCC(=O)O)c1ccc(F)c(F)c1F. The Balaban J connectivity index is 3.26. The van der Waals surface area contributed by atoms with Gasteiger partial charge < -0.3 is 5.11 Å². The molecule has 0 bridgehead atoms. The minimum atomic E-state index is -4.02. The van der Waals surface area contributed by atoms with Gasteiger partial charge in [0.15, 0.2) is 17.5 Å². The van der Waals surface area contributed by atoms with Crippen molar-refractivity contribution in [2.24, 2.45) is 0 Å². The van der Waals surface area contributed by atoms with Crippen LogP contribution in [0.1, 0.15) is 6.42 Å². The third-order valence-electron chi connectivity index (χ3n) is 2.21. The van der Waals surface area contributed by atoms with Gasteiger partial charge in [-0.2, -0.15) is 0 Å². The van der Waals surface area contributed by atoms with Crippen LogP contribution in [0.5, 0.6) is 0 Å². The summed E-state index contributed by atoms with van der Waals surface area (Å²) in [6.07, 6.45) is 0.0983. The van der Waals surface area contributed by atoms with Crippen LogP contribution >= 0.6 is 0 Å². The van der Waals surface area contributed by atoms with Crippen LogP contribution in [0, 0.1) is 17.5 Å². The first-order valence-electron chi connectivity index (χ1n) is 4.97. The smallest absolute Gasteiger partial charge is 0.305 e. The molecule has 106 valence electrons. The number of aliphatic carboxylic acids is 1. The summed E-state index contributed by atoms with van der Waals surface area (Å²) in [6.45, 7) is -0.587. The minimum absolute atomic E-state index is 0.374. The molecule has 5 nitrogen and oxygen atoms in total. The topological polar surface area (TPSA) is 74.7 Å². The summed E-state index contributed by atoms with van der Waals surface area (Å²) in [6, 6.07) is 1.29. The van der Waals surface area contributed by atoms with Crippen molar-refractivity contribution in [2.45, 2.75) is 6.42 Å². The van der Waals surface area contributed by atoms with E-state index in [0.717, 1.165) is 6.07 Å². The molecule has 0 saturated heterocycles. The lowest BCUT2D eigenvalue weighted by molar-refractivity contribution is -0.136. The highest BCUT2D eigenvalue weighted by Crippen LogP contribution is 2.25. The van der Waals surface area contributed by atoms with Gasteiger partial charge in [0.05, 0.1) is 18.4 Å². The molecule has 0 fully saturated rings. The maximum absolute atomic E-state index is 13.5. The van der Waals surface area contributed by atoms with Crippen molar-refractivity contribution in [1.82, 2.24) is 0 Å². The van der Waals surface area contributed by atoms with E-state index < -0.39 is 52.1 Å². The normalized spacial score (nSPS) is 11.4. The molecule has 0 unspecified atom stereocenters. The predicted molar refractivity (Wildman–Crippen MR) is 60.8 cm³/mol. The molecule has 1 aromatic rings. The summed E-state index contributed by atoms with van der Waals surface area (Å²) in [7, 11) is -4.02. The van der Waals surface area contributed by atoms with Crippen molar-refractivity contribution in [3.63, 3.8) is 0 Å². The number of carbonyl (C=O) groups is 1. The van der Waals surface area contributed by atoms with E-state index >= 15 is 0 Å². The van der Waals surface area contributed by atoms with Crippen LogP contribution in [0.3, 0.4) is 0 Å². The third-order valence-corrected chi connectivity index (χ3v) is 3.39. The number of rotatable bonds is 5. The predicted octanol–water partition coefficient (Wildman–Crippen LogP) is 1.34. The minimum Gasteiger partial charge on any atom is -0.481 e. The molecule has 0 aliphatic heterocycles. The van der Waals surface area contributed by atoms with Gasteiger partial charge in [0.1, 0.15) is 0 Å². The van der Waals surface area contributed by atoms with Crippen LogP contribution in [-0.2, 0) is 14.8 Å². The van der Waals surface area contributed by atoms with Crippen molar-refractivity contribution in [1.29, 1.82) is 0 Å². The monoisotopic (exact) mass is 297 g/mol. The molecule has 0 amide bonds. The van der Waals surface area contributed by atoms with Crippen LogP contribution in [0.15, 0.2) is 12.1 Å². The zero-order valence-corrected chi connectivity index (χ0v) is 10.5. The van der Waals surface area contributed by atoms with E-state index in [1.54, 1.807) is 0 Å². The van der Waals surface area contributed by atoms with E-state index in [1.807, 2.05) is 0 Å². The maximum Gasteiger partial charge on any atom is 0.305 e. The number of carboxylic acids is 1. The lowest BCUT2D eigenvalue weighted by Gasteiger charge is -2.22. The summed E-state index contributed by atoms with van der Waals surface area (Å²) in [5, 5.41) is 8.49. The van der Waals surface area contributed by atoms with Gasteiger partial charge in [0, 0.05) is 6.54 Å². The first kappa shape index (κ1) is 15.3. The molecule has 0 aromatic heterocycles. The van der Waals surface area contributed by atoms with Gasteiger partial charge in [-0.15, -0.1) is 0 Å². The van der Waals surface area contributed by atoms with Crippen LogP contribution in [0.4, 0.5) is 18.9 Å². The van der Waals surface area contributed by atoms with Crippen LogP contribution < -0.4 is 4.31 Å². The zero-order valence-electron chi connectivity index (χ0n) is 9.73. The summed E-state index contributed by atoms with van der Waals surface area (Å²) in [4.78, 5) is 10.4. The number of carboxylic acid groups (broad SMARTS) is 1. The number of nitrogens with zero attached hydrogens (tertiary/aromatic N) is 1. The summed E-state index contributed by atoms with van der Waals surface area (Å²) >= 11 is 0. The van der Waals surface area contributed by atoms with Gasteiger partial charge in [-0.25, -0.2) is 21.6 Å². The lowest BCUT2D eigenvalue weighted by Crippen LogP contribution is -2.33. The molecule has 0 radical (unpaired) electrons. The molecular weight excluding hydrogens is 287 g/mol. The number of hydrogen-bond acceptors (Lipinski definition) is 3. The number of hydrogen-bond donors (Lipinski definition) is 1. The largest absolute Gasteiger partial charge is 0.481 e. The Labute approximate surface area is 107 Å². The fourth-order valence-electron chi connectivity index (χ4n) is 1.37. The summed E-state index contributed by atoms with van der Waals surface area (Å²) in [5.41, 5.74) is -0.734. The average Bonchev–Trinajstić information content (AvgIpc) is 2.27. The van der Waals surface area contributed by atoms with Crippen molar-refractivity contribution < 1.29 is 31.5 Å². The fraction of sp³-hybridized carbons (Fsp3) is 0.300. The molecule has 0 saturated carbocycles. The molecule has 1 aromatic carbocycles. The average molecular weight is 297 g/mol. The molecule has 0 aliphatic rings. The fourth-order valence-corrected chi connectivity index (χ4v) is 2.29. The van der Waals surface area contributed by atoms with Gasteiger partial charge in [-0.05, 0) is 12.1 Å². The molecule has 9 heteroatoms. The van der Waals surface area contributed by atoms with E-state index in [9.17, 15) is 26.4 Å². The molecule has 0 heterocycles. The number of halogens is 3. The highest BCUT2D eigenvalue weighted by atomic mass is 32.2. The maximum atomic E-state index is 13.5. The molecule has 1 N–H and O–H groups in total. The second-order valence-electron chi connectivity index (χ2n) is 3.67. The number of sulfonamides is 1. The van der Waals surface area contributed by atoms with E-state index in [0.29, 0.717) is 16.6 Å². The van der Waals surface area contributed by atoms with E-state index in [-0.39, 0.29) is 0 Å². The van der Waals surface area contributed by atoms with Crippen molar-refractivity contribution in [2.75, 3.05) is 17.1 Å². The second-order valence-corrected chi connectivity index (χ2v) is 5.58. The van der Waals surface area contributed by atoms with Gasteiger partial charge in [-0.3, -0.25) is 9.10 Å². The van der Waals surface area contributed by atoms with Crippen LogP contribution in [-0.4, -0.2) is 32.3 Å². The van der Waals surface area contributed by atoms with Crippen LogP contribution in [0.2, 0.25) is 0 Å². The highest BCUT2D eigenvalue weighted by molar-refractivity contribution is 7.92. The van der Waals surface area contributed by atoms with Crippen molar-refractivity contribution in [3.8, 4) is 0 Å². The van der Waals surface area contributed by atoms with E-state index in [1.165, 1.54) is 0 Å². The summed E-state index contributed by atoms with van der Waals surface area (Å²) in [5.74, 6) is -6.28. The van der Waals surface area contributed by atoms with Crippen molar-refractivity contribution in [3.05, 3.63) is 29.6 Å². The number of anilines is 1. The molecule has 0 spiro atoms. The first-order chi connectivity index (χ1) is 8.64. The Morgan fingerprint density at radius 1 is 1.26 bits per heavy atom. The molecule has 0 aliphatic carbocycles. The van der Waals surface area contributed by atoms with Crippen molar-refractivity contribution >= 4 is 21.7 Å². The van der Waals surface area contributed by atoms with Gasteiger partial charge >= 0.3 is 5.97 Å². The molecule has 19 heavy (non-hydrogen) atoms. The molecule has 1 rings (SSSR count). The third kappa shape index (κ3) is 3.60. The first-order valence-corrected chi connectivity index (χ1v) is 6.82. The second kappa shape index (κ2) is 5.47. The zero-order chi connectivity index (χ0) is 14.8.